The van der Waals surface area contributed by atoms with Crippen LogP contribution in [0.4, 0.5) is 4.39 Å². The molecule has 2 aromatic carbocycles. The van der Waals surface area contributed by atoms with E-state index in [2.05, 4.69) is 10.3 Å². The number of nitrogens with zero attached hydrogens (tertiary/aromatic N) is 1. The smallest absolute Gasteiger partial charge is 0.270 e. The van der Waals surface area contributed by atoms with Gasteiger partial charge in [-0.1, -0.05) is 29.8 Å². The fourth-order valence-corrected chi connectivity index (χ4v) is 2.81. The van der Waals surface area contributed by atoms with Crippen LogP contribution in [-0.2, 0) is 6.54 Å². The topological polar surface area (TPSA) is 51.2 Å². The maximum atomic E-state index is 13.7. The normalized spacial score (nSPS) is 10.7. The number of hydrogen-bond donors (Lipinski definition) is 1. The summed E-state index contributed by atoms with van der Waals surface area (Å²) in [6.07, 6.45) is 0. The monoisotopic (exact) mass is 338 g/mol. The highest BCUT2D eigenvalue weighted by Gasteiger charge is 2.15. The maximum absolute atomic E-state index is 13.7. The number of amides is 1. The lowest BCUT2D eigenvalue weighted by Gasteiger charge is -2.11. The number of pyridine rings is 1. The molecular formula is C20H19FN2O2. The Morgan fingerprint density at radius 2 is 2.00 bits per heavy atom. The summed E-state index contributed by atoms with van der Waals surface area (Å²) in [7, 11) is 1.49. The van der Waals surface area contributed by atoms with Gasteiger partial charge >= 0.3 is 0 Å². The summed E-state index contributed by atoms with van der Waals surface area (Å²) < 4.78 is 19.0. The Kier molecular flexibility index (Phi) is 4.65. The number of fused-ring (bicyclic) bond motifs is 1. The fraction of sp³-hybridized carbons (Fsp3) is 0.200. The van der Waals surface area contributed by atoms with Crippen molar-refractivity contribution in [3.63, 3.8) is 0 Å². The molecule has 0 saturated carbocycles. The van der Waals surface area contributed by atoms with Crippen molar-refractivity contribution in [1.29, 1.82) is 0 Å². The SMILES string of the molecule is COc1cc(C(=O)NCc2cccc(C)c2)nc2c(C)cc(F)cc12. The van der Waals surface area contributed by atoms with E-state index in [1.54, 1.807) is 6.92 Å². The number of methoxy groups -OCH3 is 1. The number of aryl methyl sites for hydroxylation is 2. The van der Waals surface area contributed by atoms with E-state index in [1.807, 2.05) is 31.2 Å². The number of benzene rings is 2. The highest BCUT2D eigenvalue weighted by Crippen LogP contribution is 2.28. The van der Waals surface area contributed by atoms with Gasteiger partial charge in [0.1, 0.15) is 17.3 Å². The summed E-state index contributed by atoms with van der Waals surface area (Å²) in [6.45, 7) is 4.17. The average molecular weight is 338 g/mol. The van der Waals surface area contributed by atoms with Crippen molar-refractivity contribution in [3.8, 4) is 5.75 Å². The zero-order valence-electron chi connectivity index (χ0n) is 14.4. The first-order valence-corrected chi connectivity index (χ1v) is 7.96. The Labute approximate surface area is 145 Å². The van der Waals surface area contributed by atoms with Gasteiger partial charge < -0.3 is 10.1 Å². The second-order valence-corrected chi connectivity index (χ2v) is 6.00. The highest BCUT2D eigenvalue weighted by atomic mass is 19.1. The molecule has 0 spiro atoms. The van der Waals surface area contributed by atoms with E-state index in [1.165, 1.54) is 25.3 Å². The molecule has 1 N–H and O–H groups in total. The Hall–Kier alpha value is -2.95. The maximum Gasteiger partial charge on any atom is 0.270 e. The molecule has 0 fully saturated rings. The predicted octanol–water partition coefficient (Wildman–Crippen LogP) is 3.93. The van der Waals surface area contributed by atoms with Gasteiger partial charge in [0.2, 0.25) is 0 Å². The highest BCUT2D eigenvalue weighted by molar-refractivity contribution is 5.97. The molecule has 1 aromatic heterocycles. The molecule has 0 aliphatic rings. The first-order chi connectivity index (χ1) is 12.0. The van der Waals surface area contributed by atoms with Crippen LogP contribution >= 0.6 is 0 Å². The molecule has 0 unspecified atom stereocenters. The zero-order chi connectivity index (χ0) is 18.0. The van der Waals surface area contributed by atoms with Gasteiger partial charge in [0, 0.05) is 18.0 Å². The summed E-state index contributed by atoms with van der Waals surface area (Å²) in [4.78, 5) is 16.9. The molecule has 1 heterocycles. The largest absolute Gasteiger partial charge is 0.496 e. The second kappa shape index (κ2) is 6.89. The van der Waals surface area contributed by atoms with E-state index >= 15 is 0 Å². The average Bonchev–Trinajstić information content (AvgIpc) is 2.59. The van der Waals surface area contributed by atoms with Gasteiger partial charge in [-0.3, -0.25) is 4.79 Å². The zero-order valence-corrected chi connectivity index (χ0v) is 14.4. The van der Waals surface area contributed by atoms with Crippen molar-refractivity contribution in [2.45, 2.75) is 20.4 Å². The number of carbonyl (C=O) groups excluding carboxylic acids is 1. The number of rotatable bonds is 4. The van der Waals surface area contributed by atoms with Crippen LogP contribution in [-0.4, -0.2) is 18.0 Å². The van der Waals surface area contributed by atoms with Crippen molar-refractivity contribution in [2.75, 3.05) is 7.11 Å². The summed E-state index contributed by atoms with van der Waals surface area (Å²) >= 11 is 0. The van der Waals surface area contributed by atoms with Crippen molar-refractivity contribution >= 4 is 16.8 Å². The second-order valence-electron chi connectivity index (χ2n) is 6.00. The van der Waals surface area contributed by atoms with Crippen LogP contribution < -0.4 is 10.1 Å². The Morgan fingerprint density at radius 1 is 1.20 bits per heavy atom. The van der Waals surface area contributed by atoms with Gasteiger partial charge in [0.15, 0.2) is 0 Å². The van der Waals surface area contributed by atoms with E-state index in [0.29, 0.717) is 28.8 Å². The minimum atomic E-state index is -0.359. The van der Waals surface area contributed by atoms with Crippen LogP contribution in [0.2, 0.25) is 0 Å². The number of nitrogens with one attached hydrogen (secondary N) is 1. The van der Waals surface area contributed by atoms with Gasteiger partial charge in [-0.2, -0.15) is 0 Å². The summed E-state index contributed by atoms with van der Waals surface area (Å²) in [6, 6.07) is 12.2. The van der Waals surface area contributed by atoms with E-state index in [0.717, 1.165) is 11.1 Å². The molecule has 3 aromatic rings. The molecule has 25 heavy (non-hydrogen) atoms. The summed E-state index contributed by atoms with van der Waals surface area (Å²) in [5.74, 6) is -0.236. The van der Waals surface area contributed by atoms with Crippen molar-refractivity contribution in [2.24, 2.45) is 0 Å². The molecule has 128 valence electrons. The van der Waals surface area contributed by atoms with Crippen LogP contribution in [0, 0.1) is 19.7 Å². The third-order valence-electron chi connectivity index (χ3n) is 4.02. The quantitative estimate of drug-likeness (QED) is 0.784. The van der Waals surface area contributed by atoms with Crippen molar-refractivity contribution in [1.82, 2.24) is 10.3 Å². The fourth-order valence-electron chi connectivity index (χ4n) is 2.81. The molecule has 0 bridgehead atoms. The molecule has 1 amide bonds. The standard InChI is InChI=1S/C20H19FN2O2/c1-12-5-4-6-14(7-12)11-22-20(24)17-10-18(25-3)16-9-15(21)8-13(2)19(16)23-17/h4-10H,11H2,1-3H3,(H,22,24). The molecule has 3 rings (SSSR count). The predicted molar refractivity (Wildman–Crippen MR) is 95.3 cm³/mol. The Bertz CT molecular complexity index is 954. The number of hydrogen-bond acceptors (Lipinski definition) is 3. The number of ether oxygens (including phenoxy) is 1. The number of halogens is 1. The van der Waals surface area contributed by atoms with Crippen LogP contribution in [0.15, 0.2) is 42.5 Å². The molecule has 0 aliphatic carbocycles. The van der Waals surface area contributed by atoms with E-state index in [-0.39, 0.29) is 17.4 Å². The Balaban J connectivity index is 1.91. The van der Waals surface area contributed by atoms with Crippen molar-refractivity contribution in [3.05, 3.63) is 70.7 Å². The van der Waals surface area contributed by atoms with Gasteiger partial charge in [0.05, 0.1) is 12.6 Å². The first-order valence-electron chi connectivity index (χ1n) is 7.96. The van der Waals surface area contributed by atoms with Gasteiger partial charge in [-0.05, 0) is 37.1 Å². The molecule has 5 heteroatoms. The van der Waals surface area contributed by atoms with Crippen LogP contribution in [0.3, 0.4) is 0 Å². The van der Waals surface area contributed by atoms with Crippen LogP contribution in [0.5, 0.6) is 5.75 Å². The minimum Gasteiger partial charge on any atom is -0.496 e. The Morgan fingerprint density at radius 3 is 2.72 bits per heavy atom. The summed E-state index contributed by atoms with van der Waals surface area (Å²) in [5, 5.41) is 3.41. The number of aromatic nitrogens is 1. The van der Waals surface area contributed by atoms with E-state index < -0.39 is 0 Å². The van der Waals surface area contributed by atoms with Crippen LogP contribution in [0.1, 0.15) is 27.2 Å². The molecule has 0 radical (unpaired) electrons. The molecule has 0 aliphatic heterocycles. The van der Waals surface area contributed by atoms with Gasteiger partial charge in [-0.15, -0.1) is 0 Å². The third kappa shape index (κ3) is 3.60. The third-order valence-corrected chi connectivity index (χ3v) is 4.02. The molecule has 4 nitrogen and oxygen atoms in total. The molecular weight excluding hydrogens is 319 g/mol. The van der Waals surface area contributed by atoms with Crippen molar-refractivity contribution < 1.29 is 13.9 Å². The lowest BCUT2D eigenvalue weighted by atomic mass is 10.1. The lowest BCUT2D eigenvalue weighted by molar-refractivity contribution is 0.0946. The molecule has 0 atom stereocenters. The minimum absolute atomic E-state index is 0.242. The van der Waals surface area contributed by atoms with E-state index in [4.69, 9.17) is 4.74 Å². The lowest BCUT2D eigenvalue weighted by Crippen LogP contribution is -2.24. The summed E-state index contributed by atoms with van der Waals surface area (Å²) in [5.41, 5.74) is 3.60. The number of carbonyl (C=O) groups is 1. The molecule has 0 saturated heterocycles. The van der Waals surface area contributed by atoms with Gasteiger partial charge in [0.25, 0.3) is 5.91 Å². The van der Waals surface area contributed by atoms with Gasteiger partial charge in [-0.25, -0.2) is 9.37 Å². The first kappa shape index (κ1) is 16.9. The van der Waals surface area contributed by atoms with E-state index in [9.17, 15) is 9.18 Å². The van der Waals surface area contributed by atoms with Crippen LogP contribution in [0.25, 0.3) is 10.9 Å².